The van der Waals surface area contributed by atoms with Crippen LogP contribution in [0.4, 0.5) is 8.78 Å². The third-order valence-electron chi connectivity index (χ3n) is 2.26. The van der Waals surface area contributed by atoms with Gasteiger partial charge in [0.2, 0.25) is 0 Å². The largest absolute Gasteiger partial charge is 0.390 e. The van der Waals surface area contributed by atoms with Gasteiger partial charge in [-0.1, -0.05) is 23.4 Å². The minimum absolute atomic E-state index is 0.0286. The quantitative estimate of drug-likeness (QED) is 0.598. The number of halogens is 2. The van der Waals surface area contributed by atoms with Gasteiger partial charge in [0.1, 0.15) is 24.5 Å². The maximum atomic E-state index is 13.2. The fourth-order valence-corrected chi connectivity index (χ4v) is 1.33. The lowest BCUT2D eigenvalue weighted by molar-refractivity contribution is 0.129. The van der Waals surface area contributed by atoms with Gasteiger partial charge in [0, 0.05) is 11.1 Å². The van der Waals surface area contributed by atoms with Crippen molar-refractivity contribution in [1.29, 1.82) is 0 Å². The highest BCUT2D eigenvalue weighted by molar-refractivity contribution is 5.78. The fourth-order valence-electron chi connectivity index (χ4n) is 1.33. The molecule has 18 heavy (non-hydrogen) atoms. The summed E-state index contributed by atoms with van der Waals surface area (Å²) in [5.74, 6) is -0.665. The second-order valence-electron chi connectivity index (χ2n) is 3.57. The smallest absolute Gasteiger partial charge is 0.145 e. The summed E-state index contributed by atoms with van der Waals surface area (Å²) >= 11 is 0. The molecule has 0 aromatic heterocycles. The first-order valence-corrected chi connectivity index (χ1v) is 5.33. The molecule has 4 heteroatoms. The van der Waals surface area contributed by atoms with E-state index in [0.717, 1.165) is 0 Å². The summed E-state index contributed by atoms with van der Waals surface area (Å²) in [5.41, 5.74) is 1.01. The van der Waals surface area contributed by atoms with Gasteiger partial charge in [-0.05, 0) is 30.3 Å². The monoisotopic (exact) mass is 246 g/mol. The summed E-state index contributed by atoms with van der Waals surface area (Å²) in [6.45, 7) is 0.0286. The zero-order valence-electron chi connectivity index (χ0n) is 9.44. The van der Waals surface area contributed by atoms with Crippen molar-refractivity contribution in [1.82, 2.24) is 0 Å². The molecule has 0 aliphatic carbocycles. The van der Waals surface area contributed by atoms with Crippen LogP contribution < -0.4 is 0 Å². The van der Waals surface area contributed by atoms with Crippen LogP contribution in [-0.2, 0) is 11.4 Å². The number of benzene rings is 2. The first-order valence-electron chi connectivity index (χ1n) is 5.33. The third kappa shape index (κ3) is 3.38. The van der Waals surface area contributed by atoms with Crippen molar-refractivity contribution in [3.63, 3.8) is 0 Å². The van der Waals surface area contributed by atoms with Crippen LogP contribution in [0.5, 0.6) is 0 Å². The van der Waals surface area contributed by atoms with Gasteiger partial charge >= 0.3 is 0 Å². The van der Waals surface area contributed by atoms with Gasteiger partial charge in [0.15, 0.2) is 0 Å². The second-order valence-corrected chi connectivity index (χ2v) is 3.57. The Bertz CT molecular complexity index is 538. The molecule has 2 rings (SSSR count). The van der Waals surface area contributed by atoms with Gasteiger partial charge in [-0.25, -0.2) is 8.78 Å². The molecule has 0 aliphatic heterocycles. The van der Waals surface area contributed by atoms with E-state index in [9.17, 15) is 8.78 Å². The Hall–Kier alpha value is -2.23. The molecular weight excluding hydrogens is 236 g/mol. The molecule has 0 atom stereocenters. The Morgan fingerprint density at radius 2 is 1.72 bits per heavy atom. The molecule has 0 aliphatic rings. The van der Waals surface area contributed by atoms with Gasteiger partial charge in [0.05, 0.1) is 0 Å². The van der Waals surface area contributed by atoms with Gasteiger partial charge < -0.3 is 4.84 Å². The lowest BCUT2D eigenvalue weighted by Crippen LogP contribution is -1.92. The van der Waals surface area contributed by atoms with Gasteiger partial charge in [0.25, 0.3) is 0 Å². The van der Waals surface area contributed by atoms with Crippen molar-refractivity contribution in [3.8, 4) is 0 Å². The van der Waals surface area contributed by atoms with Crippen LogP contribution in [-0.4, -0.2) is 6.21 Å². The summed E-state index contributed by atoms with van der Waals surface area (Å²) in [6, 6.07) is 11.9. The normalized spacial score (nSPS) is 10.8. The molecule has 91 valence electrons. The second kappa shape index (κ2) is 5.91. The molecule has 0 spiro atoms. The Morgan fingerprint density at radius 3 is 2.44 bits per heavy atom. The Kier molecular flexibility index (Phi) is 4.02. The van der Waals surface area contributed by atoms with E-state index in [1.807, 2.05) is 0 Å². The van der Waals surface area contributed by atoms with Crippen LogP contribution in [0.1, 0.15) is 11.1 Å². The van der Waals surface area contributed by atoms with Gasteiger partial charge in [-0.3, -0.25) is 0 Å². The third-order valence-corrected chi connectivity index (χ3v) is 2.26. The zero-order chi connectivity index (χ0) is 12.8. The van der Waals surface area contributed by atoms with E-state index in [0.29, 0.717) is 11.1 Å². The lowest BCUT2D eigenvalue weighted by Gasteiger charge is -2.00. The van der Waals surface area contributed by atoms with E-state index >= 15 is 0 Å². The predicted molar refractivity (Wildman–Crippen MR) is 64.1 cm³/mol. The average Bonchev–Trinajstić information content (AvgIpc) is 2.39. The molecule has 0 fully saturated rings. The summed E-state index contributed by atoms with van der Waals surface area (Å²) in [4.78, 5) is 4.91. The van der Waals surface area contributed by atoms with E-state index in [-0.39, 0.29) is 18.2 Å². The molecule has 0 unspecified atom stereocenters. The minimum Gasteiger partial charge on any atom is -0.390 e. The highest BCUT2D eigenvalue weighted by Gasteiger charge is 1.99. The van der Waals surface area contributed by atoms with Crippen molar-refractivity contribution < 1.29 is 13.6 Å². The average molecular weight is 246 g/mol. The molecule has 0 saturated heterocycles. The molecule has 2 aromatic carbocycles. The van der Waals surface area contributed by atoms with Crippen molar-refractivity contribution in [3.05, 3.63) is 71.3 Å². The van der Waals surface area contributed by atoms with Crippen LogP contribution >= 0.6 is 0 Å². The summed E-state index contributed by atoms with van der Waals surface area (Å²) in [5, 5.41) is 3.57. The Balaban J connectivity index is 1.89. The maximum Gasteiger partial charge on any atom is 0.145 e. The first-order chi connectivity index (χ1) is 8.75. The van der Waals surface area contributed by atoms with Gasteiger partial charge in [-0.15, -0.1) is 0 Å². The van der Waals surface area contributed by atoms with Crippen LogP contribution in [0.2, 0.25) is 0 Å². The summed E-state index contributed by atoms with van der Waals surface area (Å²) < 4.78 is 25.8. The fraction of sp³-hybridized carbons (Fsp3) is 0.0714. The van der Waals surface area contributed by atoms with E-state index in [1.54, 1.807) is 18.2 Å². The van der Waals surface area contributed by atoms with E-state index in [1.165, 1.54) is 30.3 Å². The SMILES string of the molecule is Fc1ccc(/[C]=N\OCc2ccccc2F)cc1. The molecule has 1 radical (unpaired) electrons. The van der Waals surface area contributed by atoms with Crippen molar-refractivity contribution in [2.45, 2.75) is 6.61 Å². The van der Waals surface area contributed by atoms with Crippen LogP contribution in [0.15, 0.2) is 53.7 Å². The number of hydrogen-bond acceptors (Lipinski definition) is 2. The molecule has 2 nitrogen and oxygen atoms in total. The predicted octanol–water partition coefficient (Wildman–Crippen LogP) is 3.39. The van der Waals surface area contributed by atoms with E-state index in [4.69, 9.17) is 4.84 Å². The topological polar surface area (TPSA) is 21.6 Å². The van der Waals surface area contributed by atoms with Gasteiger partial charge in [-0.2, -0.15) is 0 Å². The molecule has 0 bridgehead atoms. The Morgan fingerprint density at radius 1 is 1.00 bits per heavy atom. The maximum absolute atomic E-state index is 13.2. The standard InChI is InChI=1S/C14H10F2NO/c15-13-7-5-11(6-8-13)9-17-18-10-12-3-1-2-4-14(12)16/h1-8H,10H2. The van der Waals surface area contributed by atoms with Crippen molar-refractivity contribution >= 4 is 6.21 Å². The van der Waals surface area contributed by atoms with E-state index < -0.39 is 0 Å². The summed E-state index contributed by atoms with van der Waals surface area (Å²) in [6.07, 6.45) is 2.58. The van der Waals surface area contributed by atoms with Crippen molar-refractivity contribution in [2.24, 2.45) is 5.16 Å². The van der Waals surface area contributed by atoms with Crippen LogP contribution in [0, 0.1) is 11.6 Å². The molecule has 0 heterocycles. The molecular formula is C14H10F2NO. The highest BCUT2D eigenvalue weighted by atomic mass is 19.1. The summed E-state index contributed by atoms with van der Waals surface area (Å²) in [7, 11) is 0. The Labute approximate surface area is 104 Å². The van der Waals surface area contributed by atoms with Crippen molar-refractivity contribution in [2.75, 3.05) is 0 Å². The van der Waals surface area contributed by atoms with Crippen LogP contribution in [0.25, 0.3) is 0 Å². The molecule has 2 aromatic rings. The van der Waals surface area contributed by atoms with E-state index in [2.05, 4.69) is 11.4 Å². The number of hydrogen-bond donors (Lipinski definition) is 0. The molecule has 0 N–H and O–H groups in total. The molecule has 0 amide bonds. The number of nitrogens with zero attached hydrogens (tertiary/aromatic N) is 1. The zero-order valence-corrected chi connectivity index (χ0v) is 9.44. The number of rotatable bonds is 4. The first kappa shape index (κ1) is 12.2. The van der Waals surface area contributed by atoms with Crippen LogP contribution in [0.3, 0.4) is 0 Å². The molecule has 0 saturated carbocycles. The minimum atomic E-state index is -0.338. The highest BCUT2D eigenvalue weighted by Crippen LogP contribution is 2.07. The lowest BCUT2D eigenvalue weighted by atomic mass is 10.2.